The normalized spacial score (nSPS) is 23.4. The summed E-state index contributed by atoms with van der Waals surface area (Å²) in [6, 6.07) is 13.8. The van der Waals surface area contributed by atoms with Gasteiger partial charge in [-0.3, -0.25) is 4.79 Å². The molecule has 5 rings (SSSR count). The maximum absolute atomic E-state index is 13.0. The quantitative estimate of drug-likeness (QED) is 0.444. The van der Waals surface area contributed by atoms with Crippen LogP contribution in [0.5, 0.6) is 17.2 Å². The molecule has 2 aliphatic heterocycles. The van der Waals surface area contributed by atoms with Crippen LogP contribution in [0, 0.1) is 5.92 Å². The number of ether oxygens (including phenoxy) is 2. The molecule has 5 nitrogen and oxygen atoms in total. The SMILES string of the molecule is O=C(NC1c2ccccc2Oc2cc(OCC3CCCCCCCCCCCC3)ccc21)[C@@H]1CCCN1. The van der Waals surface area contributed by atoms with E-state index in [1.807, 2.05) is 36.4 Å². The number of carbonyl (C=O) groups is 1. The van der Waals surface area contributed by atoms with Gasteiger partial charge in [0, 0.05) is 17.2 Å². The van der Waals surface area contributed by atoms with Gasteiger partial charge < -0.3 is 20.1 Å². The number of rotatable bonds is 5. The highest BCUT2D eigenvalue weighted by Crippen LogP contribution is 2.44. The molecule has 0 aromatic heterocycles. The third kappa shape index (κ3) is 7.07. The van der Waals surface area contributed by atoms with Crippen molar-refractivity contribution >= 4 is 5.91 Å². The molecule has 2 fully saturated rings. The molecule has 2 aromatic rings. The van der Waals surface area contributed by atoms with E-state index in [0.29, 0.717) is 5.92 Å². The predicted octanol–water partition coefficient (Wildman–Crippen LogP) is 7.44. The van der Waals surface area contributed by atoms with Gasteiger partial charge in [0.05, 0.1) is 18.7 Å². The Hall–Kier alpha value is -2.53. The van der Waals surface area contributed by atoms with Crippen LogP contribution in [0.25, 0.3) is 0 Å². The monoisotopic (exact) mass is 504 g/mol. The van der Waals surface area contributed by atoms with Gasteiger partial charge >= 0.3 is 0 Å². The summed E-state index contributed by atoms with van der Waals surface area (Å²) in [5.41, 5.74) is 1.98. The molecule has 5 heteroatoms. The first-order valence-electron chi connectivity index (χ1n) is 14.9. The van der Waals surface area contributed by atoms with Gasteiger partial charge in [0.25, 0.3) is 0 Å². The Kier molecular flexibility index (Phi) is 9.39. The Morgan fingerprint density at radius 2 is 1.49 bits per heavy atom. The molecule has 0 spiro atoms. The third-order valence-electron chi connectivity index (χ3n) is 8.37. The zero-order valence-electron chi connectivity index (χ0n) is 22.3. The van der Waals surface area contributed by atoms with E-state index in [0.717, 1.165) is 54.4 Å². The fourth-order valence-electron chi connectivity index (χ4n) is 6.14. The van der Waals surface area contributed by atoms with E-state index >= 15 is 0 Å². The van der Waals surface area contributed by atoms with Crippen LogP contribution < -0.4 is 20.1 Å². The van der Waals surface area contributed by atoms with Crippen molar-refractivity contribution in [3.63, 3.8) is 0 Å². The van der Waals surface area contributed by atoms with Crippen molar-refractivity contribution in [2.45, 2.75) is 102 Å². The van der Waals surface area contributed by atoms with Gasteiger partial charge in [0.1, 0.15) is 17.2 Å². The molecule has 200 valence electrons. The minimum absolute atomic E-state index is 0.0590. The second kappa shape index (κ2) is 13.3. The first-order chi connectivity index (χ1) is 18.3. The average Bonchev–Trinajstić information content (AvgIpc) is 3.47. The van der Waals surface area contributed by atoms with Gasteiger partial charge in [-0.25, -0.2) is 0 Å². The van der Waals surface area contributed by atoms with Crippen molar-refractivity contribution in [3.8, 4) is 17.2 Å². The maximum atomic E-state index is 13.0. The lowest BCUT2D eigenvalue weighted by molar-refractivity contribution is -0.123. The van der Waals surface area contributed by atoms with Gasteiger partial charge in [-0.1, -0.05) is 82.4 Å². The number of carbonyl (C=O) groups excluding carboxylic acids is 1. The Labute approximate surface area is 222 Å². The highest BCUT2D eigenvalue weighted by molar-refractivity contribution is 5.83. The third-order valence-corrected chi connectivity index (χ3v) is 8.37. The molecule has 1 aliphatic carbocycles. The van der Waals surface area contributed by atoms with Gasteiger partial charge in [-0.2, -0.15) is 0 Å². The Morgan fingerprint density at radius 1 is 0.811 bits per heavy atom. The summed E-state index contributed by atoms with van der Waals surface area (Å²) in [6.45, 7) is 1.67. The van der Waals surface area contributed by atoms with Crippen LogP contribution in [0.3, 0.4) is 0 Å². The van der Waals surface area contributed by atoms with E-state index in [1.54, 1.807) is 0 Å². The van der Waals surface area contributed by atoms with Crippen LogP contribution in [-0.2, 0) is 4.79 Å². The molecule has 3 aliphatic rings. The molecule has 2 heterocycles. The molecule has 37 heavy (non-hydrogen) atoms. The van der Waals surface area contributed by atoms with Crippen LogP contribution in [-0.4, -0.2) is 25.1 Å². The molecule has 2 N–H and O–H groups in total. The number of nitrogens with one attached hydrogen (secondary N) is 2. The second-order valence-electron chi connectivity index (χ2n) is 11.2. The summed E-state index contributed by atoms with van der Waals surface area (Å²) in [4.78, 5) is 13.0. The molecular formula is C32H44N2O3. The summed E-state index contributed by atoms with van der Waals surface area (Å²) in [5.74, 6) is 3.10. The molecule has 1 saturated heterocycles. The number of benzene rings is 2. The lowest BCUT2D eigenvalue weighted by Gasteiger charge is -2.30. The smallest absolute Gasteiger partial charge is 0.237 e. The molecule has 1 unspecified atom stereocenters. The van der Waals surface area contributed by atoms with E-state index < -0.39 is 0 Å². The molecular weight excluding hydrogens is 460 g/mol. The maximum Gasteiger partial charge on any atom is 0.237 e. The lowest BCUT2D eigenvalue weighted by Crippen LogP contribution is -2.42. The predicted molar refractivity (Wildman–Crippen MR) is 148 cm³/mol. The zero-order chi connectivity index (χ0) is 25.3. The summed E-state index contributed by atoms with van der Waals surface area (Å²) in [6.07, 6.45) is 18.2. The van der Waals surface area contributed by atoms with Crippen molar-refractivity contribution in [1.82, 2.24) is 10.6 Å². The van der Waals surface area contributed by atoms with Crippen molar-refractivity contribution in [1.29, 1.82) is 0 Å². The van der Waals surface area contributed by atoms with E-state index in [2.05, 4.69) is 16.7 Å². The largest absolute Gasteiger partial charge is 0.493 e. The van der Waals surface area contributed by atoms with Crippen molar-refractivity contribution in [2.24, 2.45) is 5.92 Å². The van der Waals surface area contributed by atoms with Crippen molar-refractivity contribution in [2.75, 3.05) is 13.2 Å². The first kappa shape index (κ1) is 26.1. The summed E-state index contributed by atoms with van der Waals surface area (Å²) in [5, 5.41) is 6.60. The Balaban J connectivity index is 1.25. The first-order valence-corrected chi connectivity index (χ1v) is 14.9. The van der Waals surface area contributed by atoms with Crippen LogP contribution in [0.4, 0.5) is 0 Å². The summed E-state index contributed by atoms with van der Waals surface area (Å²) in [7, 11) is 0. The minimum atomic E-state index is -0.223. The summed E-state index contributed by atoms with van der Waals surface area (Å²) >= 11 is 0. The average molecular weight is 505 g/mol. The van der Waals surface area contributed by atoms with Crippen molar-refractivity contribution < 1.29 is 14.3 Å². The fraction of sp³-hybridized carbons (Fsp3) is 0.594. The standard InChI is InChI=1S/C32H44N2O3/c35-32(28-17-13-21-33-28)34-31-26-16-11-12-18-29(26)37-30-22-25(19-20-27(30)31)36-23-24-14-9-7-5-3-1-2-4-6-8-10-15-24/h11-12,16,18-20,22,24,28,31,33H,1-10,13-15,17,21,23H2,(H,34,35)/t28-,31?/m0/s1. The number of fused-ring (bicyclic) bond motifs is 2. The molecule has 1 amide bonds. The van der Waals surface area contributed by atoms with Crippen LogP contribution in [0.15, 0.2) is 42.5 Å². The number of hydrogen-bond donors (Lipinski definition) is 2. The molecule has 2 aromatic carbocycles. The van der Waals surface area contributed by atoms with E-state index in [-0.39, 0.29) is 18.0 Å². The van der Waals surface area contributed by atoms with Gasteiger partial charge in [0.2, 0.25) is 5.91 Å². The molecule has 0 bridgehead atoms. The van der Waals surface area contributed by atoms with E-state index in [9.17, 15) is 4.79 Å². The highest BCUT2D eigenvalue weighted by atomic mass is 16.5. The lowest BCUT2D eigenvalue weighted by atomic mass is 9.94. The van der Waals surface area contributed by atoms with Crippen LogP contribution >= 0.6 is 0 Å². The van der Waals surface area contributed by atoms with Gasteiger partial charge in [-0.15, -0.1) is 0 Å². The molecule has 2 atom stereocenters. The Bertz CT molecular complexity index is 1000. The fourth-order valence-corrected chi connectivity index (χ4v) is 6.14. The number of para-hydroxylation sites is 1. The zero-order valence-corrected chi connectivity index (χ0v) is 22.3. The van der Waals surface area contributed by atoms with Gasteiger partial charge in [-0.05, 0) is 56.3 Å². The Morgan fingerprint density at radius 3 is 2.19 bits per heavy atom. The topological polar surface area (TPSA) is 59.6 Å². The van der Waals surface area contributed by atoms with Crippen molar-refractivity contribution in [3.05, 3.63) is 53.6 Å². The van der Waals surface area contributed by atoms with Crippen LogP contribution in [0.1, 0.15) is 107 Å². The van der Waals surface area contributed by atoms with E-state index in [1.165, 1.54) is 77.0 Å². The number of hydrogen-bond acceptors (Lipinski definition) is 4. The minimum Gasteiger partial charge on any atom is -0.493 e. The van der Waals surface area contributed by atoms with E-state index in [4.69, 9.17) is 9.47 Å². The second-order valence-corrected chi connectivity index (χ2v) is 11.2. The summed E-state index contributed by atoms with van der Waals surface area (Å²) < 4.78 is 12.7. The van der Waals surface area contributed by atoms with Crippen LogP contribution in [0.2, 0.25) is 0 Å². The highest BCUT2D eigenvalue weighted by Gasteiger charge is 2.31. The molecule has 0 radical (unpaired) electrons. The number of amides is 1. The van der Waals surface area contributed by atoms with Gasteiger partial charge in [0.15, 0.2) is 0 Å². The molecule has 1 saturated carbocycles.